The SMILES string of the molecule is CC(C)C1CCC(C)C(CN)C1=O. The molecule has 1 aliphatic rings. The molecule has 0 amide bonds. The Morgan fingerprint density at radius 2 is 2.08 bits per heavy atom. The first kappa shape index (κ1) is 10.7. The van der Waals surface area contributed by atoms with E-state index in [2.05, 4.69) is 20.8 Å². The highest BCUT2D eigenvalue weighted by atomic mass is 16.1. The molecule has 0 saturated heterocycles. The fourth-order valence-electron chi connectivity index (χ4n) is 2.35. The van der Waals surface area contributed by atoms with E-state index < -0.39 is 0 Å². The highest BCUT2D eigenvalue weighted by molar-refractivity contribution is 5.84. The lowest BCUT2D eigenvalue weighted by molar-refractivity contribution is -0.132. The molecule has 0 radical (unpaired) electrons. The number of carbonyl (C=O) groups is 1. The monoisotopic (exact) mass is 183 g/mol. The second kappa shape index (κ2) is 4.23. The van der Waals surface area contributed by atoms with E-state index in [1.54, 1.807) is 0 Å². The average Bonchev–Trinajstić information content (AvgIpc) is 2.04. The van der Waals surface area contributed by atoms with Gasteiger partial charge >= 0.3 is 0 Å². The van der Waals surface area contributed by atoms with Crippen molar-refractivity contribution < 1.29 is 4.79 Å². The van der Waals surface area contributed by atoms with Crippen molar-refractivity contribution in [2.75, 3.05) is 6.54 Å². The van der Waals surface area contributed by atoms with Crippen LogP contribution in [0.2, 0.25) is 0 Å². The molecule has 0 aromatic rings. The van der Waals surface area contributed by atoms with Gasteiger partial charge in [-0.05, 0) is 24.7 Å². The first-order chi connectivity index (χ1) is 6.07. The van der Waals surface area contributed by atoms with Crippen LogP contribution in [0.3, 0.4) is 0 Å². The molecule has 76 valence electrons. The van der Waals surface area contributed by atoms with E-state index in [1.165, 1.54) is 0 Å². The van der Waals surface area contributed by atoms with Gasteiger partial charge in [0.15, 0.2) is 0 Å². The zero-order valence-electron chi connectivity index (χ0n) is 8.92. The number of hydrogen-bond acceptors (Lipinski definition) is 2. The maximum Gasteiger partial charge on any atom is 0.140 e. The van der Waals surface area contributed by atoms with Crippen LogP contribution >= 0.6 is 0 Å². The first-order valence-electron chi connectivity index (χ1n) is 5.31. The van der Waals surface area contributed by atoms with Crippen LogP contribution in [0.1, 0.15) is 33.6 Å². The van der Waals surface area contributed by atoms with Crippen molar-refractivity contribution >= 4 is 5.78 Å². The molecule has 1 rings (SSSR count). The third-order valence-corrected chi connectivity index (χ3v) is 3.41. The minimum Gasteiger partial charge on any atom is -0.330 e. The molecule has 3 unspecified atom stereocenters. The molecule has 0 spiro atoms. The Morgan fingerprint density at radius 3 is 2.54 bits per heavy atom. The second-order valence-electron chi connectivity index (χ2n) is 4.65. The Bertz CT molecular complexity index is 185. The van der Waals surface area contributed by atoms with Gasteiger partial charge in [-0.1, -0.05) is 20.8 Å². The standard InChI is InChI=1S/C11H21NO/c1-7(2)9-5-4-8(3)10(6-12)11(9)13/h7-10H,4-6,12H2,1-3H3. The van der Waals surface area contributed by atoms with E-state index in [9.17, 15) is 4.79 Å². The van der Waals surface area contributed by atoms with Gasteiger partial charge in [-0.2, -0.15) is 0 Å². The zero-order chi connectivity index (χ0) is 10.0. The van der Waals surface area contributed by atoms with Gasteiger partial charge in [0.05, 0.1) is 0 Å². The van der Waals surface area contributed by atoms with Crippen LogP contribution in [0.25, 0.3) is 0 Å². The number of rotatable bonds is 2. The smallest absolute Gasteiger partial charge is 0.140 e. The van der Waals surface area contributed by atoms with Crippen LogP contribution in [0.15, 0.2) is 0 Å². The lowest BCUT2D eigenvalue weighted by atomic mass is 9.70. The minimum absolute atomic E-state index is 0.126. The maximum absolute atomic E-state index is 11.9. The Balaban J connectivity index is 2.69. The van der Waals surface area contributed by atoms with Crippen molar-refractivity contribution in [1.82, 2.24) is 0 Å². The van der Waals surface area contributed by atoms with E-state index in [0.717, 1.165) is 12.8 Å². The van der Waals surface area contributed by atoms with Crippen molar-refractivity contribution in [2.24, 2.45) is 29.4 Å². The average molecular weight is 183 g/mol. The van der Waals surface area contributed by atoms with Crippen LogP contribution in [0.5, 0.6) is 0 Å². The molecule has 0 aromatic carbocycles. The molecule has 2 nitrogen and oxygen atoms in total. The summed E-state index contributed by atoms with van der Waals surface area (Å²) >= 11 is 0. The topological polar surface area (TPSA) is 43.1 Å². The fourth-order valence-corrected chi connectivity index (χ4v) is 2.35. The maximum atomic E-state index is 11.9. The molecule has 13 heavy (non-hydrogen) atoms. The minimum atomic E-state index is 0.126. The summed E-state index contributed by atoms with van der Waals surface area (Å²) in [6.07, 6.45) is 2.23. The number of hydrogen-bond donors (Lipinski definition) is 1. The predicted molar refractivity (Wildman–Crippen MR) is 54.3 cm³/mol. The van der Waals surface area contributed by atoms with Gasteiger partial charge in [0.25, 0.3) is 0 Å². The Morgan fingerprint density at radius 1 is 1.46 bits per heavy atom. The summed E-state index contributed by atoms with van der Waals surface area (Å²) in [5.74, 6) is 1.78. The molecule has 0 bridgehead atoms. The highest BCUT2D eigenvalue weighted by Gasteiger charge is 2.35. The summed E-state index contributed by atoms with van der Waals surface area (Å²) in [6.45, 7) is 6.94. The molecule has 0 aliphatic heterocycles. The van der Waals surface area contributed by atoms with Crippen molar-refractivity contribution in [3.63, 3.8) is 0 Å². The Hall–Kier alpha value is -0.370. The quantitative estimate of drug-likeness (QED) is 0.709. The zero-order valence-corrected chi connectivity index (χ0v) is 8.92. The predicted octanol–water partition coefficient (Wildman–Crippen LogP) is 1.83. The molecule has 1 saturated carbocycles. The number of Topliss-reactive ketones (excluding diaryl/α,β-unsaturated/α-hetero) is 1. The van der Waals surface area contributed by atoms with Gasteiger partial charge in [-0.15, -0.1) is 0 Å². The van der Waals surface area contributed by atoms with E-state index in [0.29, 0.717) is 24.2 Å². The van der Waals surface area contributed by atoms with Gasteiger partial charge in [0.2, 0.25) is 0 Å². The van der Waals surface area contributed by atoms with Gasteiger partial charge in [-0.3, -0.25) is 4.79 Å². The first-order valence-corrected chi connectivity index (χ1v) is 5.31. The van der Waals surface area contributed by atoms with Crippen molar-refractivity contribution in [3.8, 4) is 0 Å². The molecule has 2 heteroatoms. The summed E-state index contributed by atoms with van der Waals surface area (Å²) in [6, 6.07) is 0. The number of nitrogens with two attached hydrogens (primary N) is 1. The molecule has 2 N–H and O–H groups in total. The molecule has 3 atom stereocenters. The largest absolute Gasteiger partial charge is 0.330 e. The second-order valence-corrected chi connectivity index (χ2v) is 4.65. The summed E-state index contributed by atoms with van der Waals surface area (Å²) in [4.78, 5) is 11.9. The summed E-state index contributed by atoms with van der Waals surface area (Å²) in [5, 5.41) is 0. The van der Waals surface area contributed by atoms with Crippen molar-refractivity contribution in [2.45, 2.75) is 33.6 Å². The normalized spacial score (nSPS) is 35.5. The summed E-state index contributed by atoms with van der Waals surface area (Å²) in [7, 11) is 0. The molecule has 1 aliphatic carbocycles. The van der Waals surface area contributed by atoms with E-state index >= 15 is 0 Å². The molecule has 0 heterocycles. The number of carbonyl (C=O) groups excluding carboxylic acids is 1. The van der Waals surface area contributed by atoms with Crippen LogP contribution in [-0.2, 0) is 4.79 Å². The lowest BCUT2D eigenvalue weighted by Crippen LogP contribution is -2.40. The van der Waals surface area contributed by atoms with Crippen molar-refractivity contribution in [3.05, 3.63) is 0 Å². The highest BCUT2D eigenvalue weighted by Crippen LogP contribution is 2.33. The number of ketones is 1. The molecule has 1 fully saturated rings. The fraction of sp³-hybridized carbons (Fsp3) is 0.909. The van der Waals surface area contributed by atoms with Gasteiger partial charge < -0.3 is 5.73 Å². The molecule has 0 aromatic heterocycles. The van der Waals surface area contributed by atoms with Crippen LogP contribution < -0.4 is 5.73 Å². The van der Waals surface area contributed by atoms with Crippen molar-refractivity contribution in [1.29, 1.82) is 0 Å². The van der Waals surface area contributed by atoms with Gasteiger partial charge in [0, 0.05) is 18.4 Å². The molecular formula is C11H21NO. The lowest BCUT2D eigenvalue weighted by Gasteiger charge is -2.34. The van der Waals surface area contributed by atoms with Crippen LogP contribution in [0.4, 0.5) is 0 Å². The van der Waals surface area contributed by atoms with Gasteiger partial charge in [0.1, 0.15) is 5.78 Å². The van der Waals surface area contributed by atoms with Crippen LogP contribution in [-0.4, -0.2) is 12.3 Å². The van der Waals surface area contributed by atoms with Gasteiger partial charge in [-0.25, -0.2) is 0 Å². The molecular weight excluding hydrogens is 162 g/mol. The van der Waals surface area contributed by atoms with E-state index in [1.807, 2.05) is 0 Å². The van der Waals surface area contributed by atoms with E-state index in [-0.39, 0.29) is 11.8 Å². The Labute approximate surface area is 80.9 Å². The summed E-state index contributed by atoms with van der Waals surface area (Å²) < 4.78 is 0. The van der Waals surface area contributed by atoms with Crippen LogP contribution in [0, 0.1) is 23.7 Å². The Kier molecular flexibility index (Phi) is 3.48. The third kappa shape index (κ3) is 2.11. The third-order valence-electron chi connectivity index (χ3n) is 3.41. The summed E-state index contributed by atoms with van der Waals surface area (Å²) in [5.41, 5.74) is 5.63. The van der Waals surface area contributed by atoms with E-state index in [4.69, 9.17) is 5.73 Å².